The Balaban J connectivity index is 2.91. The summed E-state index contributed by atoms with van der Waals surface area (Å²) in [5.74, 6) is -0.0950. The Morgan fingerprint density at radius 3 is 2.35 bits per heavy atom. The first-order valence-electron chi connectivity index (χ1n) is 5.64. The second-order valence-electron chi connectivity index (χ2n) is 5.43. The van der Waals surface area contributed by atoms with E-state index < -0.39 is 0 Å². The number of aryl methyl sites for hydroxylation is 2. The molecule has 0 aliphatic heterocycles. The van der Waals surface area contributed by atoms with E-state index in [2.05, 4.69) is 47.1 Å². The normalized spacial score (nSPS) is 13.6. The lowest BCUT2D eigenvalue weighted by Crippen LogP contribution is -2.42. The molecule has 1 aromatic rings. The van der Waals surface area contributed by atoms with Crippen LogP contribution in [0.3, 0.4) is 0 Å². The Hall–Kier alpha value is -0.840. The lowest BCUT2D eigenvalue weighted by Gasteiger charge is -2.28. The van der Waals surface area contributed by atoms with Crippen molar-refractivity contribution in [1.82, 2.24) is 15.1 Å². The van der Waals surface area contributed by atoms with E-state index in [1.54, 1.807) is 11.7 Å². The number of carbonyl (C=O) groups is 1. The molecule has 1 aromatic heterocycles. The van der Waals surface area contributed by atoms with E-state index in [1.165, 1.54) is 0 Å². The molecule has 0 unspecified atom stereocenters. The molecule has 1 amide bonds. The van der Waals surface area contributed by atoms with Crippen LogP contribution in [-0.2, 0) is 7.05 Å². The third-order valence-corrected chi connectivity index (χ3v) is 3.96. The van der Waals surface area contributed by atoms with Gasteiger partial charge in [-0.05, 0) is 35.2 Å². The second-order valence-corrected chi connectivity index (χ2v) is 6.23. The summed E-state index contributed by atoms with van der Waals surface area (Å²) in [7, 11) is 1.77. The molecule has 0 spiro atoms. The molecule has 1 N–H and O–H groups in total. The quantitative estimate of drug-likeness (QED) is 0.913. The maximum absolute atomic E-state index is 12.2. The first-order valence-corrected chi connectivity index (χ1v) is 6.44. The van der Waals surface area contributed by atoms with Gasteiger partial charge in [-0.1, -0.05) is 20.8 Å². The van der Waals surface area contributed by atoms with E-state index in [-0.39, 0.29) is 17.4 Å². The van der Waals surface area contributed by atoms with Gasteiger partial charge < -0.3 is 5.32 Å². The van der Waals surface area contributed by atoms with Crippen LogP contribution in [0.15, 0.2) is 4.47 Å². The topological polar surface area (TPSA) is 46.9 Å². The summed E-state index contributed by atoms with van der Waals surface area (Å²) >= 11 is 3.40. The van der Waals surface area contributed by atoms with Gasteiger partial charge in [0, 0.05) is 13.1 Å². The van der Waals surface area contributed by atoms with E-state index in [0.717, 1.165) is 10.2 Å². The molecule has 0 aromatic carbocycles. The van der Waals surface area contributed by atoms with Crippen molar-refractivity contribution in [3.8, 4) is 0 Å². The third-order valence-electron chi connectivity index (χ3n) is 3.01. The van der Waals surface area contributed by atoms with Gasteiger partial charge in [0.25, 0.3) is 5.91 Å². The highest BCUT2D eigenvalue weighted by Crippen LogP contribution is 2.22. The number of hydrogen-bond donors (Lipinski definition) is 1. The highest BCUT2D eigenvalue weighted by molar-refractivity contribution is 9.10. The molecule has 0 saturated heterocycles. The zero-order valence-electron chi connectivity index (χ0n) is 11.3. The monoisotopic (exact) mass is 301 g/mol. The van der Waals surface area contributed by atoms with Crippen molar-refractivity contribution in [2.24, 2.45) is 12.5 Å². The summed E-state index contributed by atoms with van der Waals surface area (Å²) in [4.78, 5) is 12.2. The number of amides is 1. The fraction of sp³-hybridized carbons (Fsp3) is 0.667. The van der Waals surface area contributed by atoms with Gasteiger partial charge >= 0.3 is 0 Å². The minimum absolute atomic E-state index is 0.0375. The lowest BCUT2D eigenvalue weighted by atomic mass is 9.88. The second kappa shape index (κ2) is 4.80. The first kappa shape index (κ1) is 14.2. The molecule has 5 heteroatoms. The Kier molecular flexibility index (Phi) is 4.02. The van der Waals surface area contributed by atoms with E-state index in [0.29, 0.717) is 5.69 Å². The molecule has 1 heterocycles. The summed E-state index contributed by atoms with van der Waals surface area (Å²) in [5, 5.41) is 7.21. The SMILES string of the molecule is Cc1nn(C)c(C(=O)N[C@H](C)C(C)(C)C)c1Br. The summed E-state index contributed by atoms with van der Waals surface area (Å²) < 4.78 is 2.36. The van der Waals surface area contributed by atoms with E-state index in [9.17, 15) is 4.79 Å². The van der Waals surface area contributed by atoms with Crippen molar-refractivity contribution in [2.45, 2.75) is 40.7 Å². The predicted molar refractivity (Wildman–Crippen MR) is 72.0 cm³/mol. The molecule has 1 atom stereocenters. The number of nitrogens with zero attached hydrogens (tertiary/aromatic N) is 2. The number of halogens is 1. The number of rotatable bonds is 2. The van der Waals surface area contributed by atoms with Crippen LogP contribution in [0, 0.1) is 12.3 Å². The summed E-state index contributed by atoms with van der Waals surface area (Å²) in [6.07, 6.45) is 0. The first-order chi connectivity index (χ1) is 7.64. The van der Waals surface area contributed by atoms with Crippen molar-refractivity contribution < 1.29 is 4.79 Å². The fourth-order valence-corrected chi connectivity index (χ4v) is 1.88. The highest BCUT2D eigenvalue weighted by Gasteiger charge is 2.25. The van der Waals surface area contributed by atoms with Gasteiger partial charge in [0.2, 0.25) is 0 Å². The van der Waals surface area contributed by atoms with Gasteiger partial charge in [0.05, 0.1) is 10.2 Å². The van der Waals surface area contributed by atoms with Gasteiger partial charge in [-0.3, -0.25) is 9.48 Å². The maximum atomic E-state index is 12.2. The molecular weight excluding hydrogens is 282 g/mol. The van der Waals surface area contributed by atoms with Crippen LogP contribution < -0.4 is 5.32 Å². The Labute approximate surface area is 111 Å². The van der Waals surface area contributed by atoms with Crippen molar-refractivity contribution in [3.05, 3.63) is 15.9 Å². The minimum atomic E-state index is -0.0950. The Bertz CT molecular complexity index is 432. The van der Waals surface area contributed by atoms with Crippen molar-refractivity contribution in [2.75, 3.05) is 0 Å². The summed E-state index contributed by atoms with van der Waals surface area (Å²) in [6.45, 7) is 10.2. The molecule has 0 fully saturated rings. The number of hydrogen-bond acceptors (Lipinski definition) is 2. The summed E-state index contributed by atoms with van der Waals surface area (Å²) in [5.41, 5.74) is 1.43. The largest absolute Gasteiger partial charge is 0.348 e. The van der Waals surface area contributed by atoms with Crippen LogP contribution in [0.4, 0.5) is 0 Å². The van der Waals surface area contributed by atoms with Crippen LogP contribution in [-0.4, -0.2) is 21.7 Å². The lowest BCUT2D eigenvalue weighted by molar-refractivity contribution is 0.0899. The zero-order chi connectivity index (χ0) is 13.4. The molecule has 0 aliphatic rings. The molecule has 0 aliphatic carbocycles. The maximum Gasteiger partial charge on any atom is 0.270 e. The van der Waals surface area contributed by atoms with Crippen molar-refractivity contribution in [1.29, 1.82) is 0 Å². The van der Waals surface area contributed by atoms with Gasteiger partial charge in [-0.2, -0.15) is 5.10 Å². The Morgan fingerprint density at radius 2 is 2.00 bits per heavy atom. The minimum Gasteiger partial charge on any atom is -0.348 e. The van der Waals surface area contributed by atoms with Crippen LogP contribution in [0.25, 0.3) is 0 Å². The van der Waals surface area contributed by atoms with Crippen LogP contribution in [0.2, 0.25) is 0 Å². The molecular formula is C12H20BrN3O. The predicted octanol–water partition coefficient (Wildman–Crippen LogP) is 2.66. The number of aromatic nitrogens is 2. The molecule has 0 bridgehead atoms. The molecule has 17 heavy (non-hydrogen) atoms. The van der Waals surface area contributed by atoms with Gasteiger partial charge in [-0.15, -0.1) is 0 Å². The number of nitrogens with one attached hydrogen (secondary N) is 1. The van der Waals surface area contributed by atoms with Crippen molar-refractivity contribution in [3.63, 3.8) is 0 Å². The Morgan fingerprint density at radius 1 is 1.47 bits per heavy atom. The molecule has 4 nitrogen and oxygen atoms in total. The third kappa shape index (κ3) is 3.09. The highest BCUT2D eigenvalue weighted by atomic mass is 79.9. The van der Waals surface area contributed by atoms with Crippen molar-refractivity contribution >= 4 is 21.8 Å². The van der Waals surface area contributed by atoms with E-state index in [1.807, 2.05) is 13.8 Å². The molecule has 1 rings (SSSR count). The van der Waals surface area contributed by atoms with Gasteiger partial charge in [-0.25, -0.2) is 0 Å². The standard InChI is InChI=1S/C12H20BrN3O/c1-7-9(13)10(16(6)15-7)11(17)14-8(2)12(3,4)5/h8H,1-6H3,(H,14,17)/t8-/m1/s1. The fourth-order valence-electron chi connectivity index (χ4n) is 1.36. The summed E-state index contributed by atoms with van der Waals surface area (Å²) in [6, 6.07) is 0.0945. The average molecular weight is 302 g/mol. The van der Waals surface area contributed by atoms with Gasteiger partial charge in [0.15, 0.2) is 0 Å². The van der Waals surface area contributed by atoms with Gasteiger partial charge in [0.1, 0.15) is 5.69 Å². The smallest absolute Gasteiger partial charge is 0.270 e. The molecule has 96 valence electrons. The molecule has 0 saturated carbocycles. The average Bonchev–Trinajstić information content (AvgIpc) is 2.39. The zero-order valence-corrected chi connectivity index (χ0v) is 12.8. The van der Waals surface area contributed by atoms with E-state index >= 15 is 0 Å². The van der Waals surface area contributed by atoms with E-state index in [4.69, 9.17) is 0 Å². The molecule has 0 radical (unpaired) electrons. The van der Waals surface area contributed by atoms with Crippen LogP contribution in [0.1, 0.15) is 43.9 Å². The number of carbonyl (C=O) groups excluding carboxylic acids is 1. The van der Waals surface area contributed by atoms with Crippen LogP contribution >= 0.6 is 15.9 Å². The van der Waals surface area contributed by atoms with Crippen LogP contribution in [0.5, 0.6) is 0 Å².